The summed E-state index contributed by atoms with van der Waals surface area (Å²) in [5, 5.41) is 11.6. The zero-order valence-electron chi connectivity index (χ0n) is 12.4. The Morgan fingerprint density at radius 3 is 2.41 bits per heavy atom. The van der Waals surface area contributed by atoms with E-state index in [-0.39, 0.29) is 30.2 Å². The molecule has 0 unspecified atom stereocenters. The summed E-state index contributed by atoms with van der Waals surface area (Å²) in [6.07, 6.45) is 4.21. The molecule has 1 saturated heterocycles. The highest BCUT2D eigenvalue weighted by Gasteiger charge is 2.48. The lowest BCUT2D eigenvalue weighted by Gasteiger charge is -2.19. The third-order valence-corrected chi connectivity index (χ3v) is 5.23. The van der Waals surface area contributed by atoms with E-state index < -0.39 is 5.91 Å². The predicted octanol–water partition coefficient (Wildman–Crippen LogP) is 1.21. The van der Waals surface area contributed by atoms with Crippen LogP contribution in [0.5, 0.6) is 0 Å². The molecule has 0 aromatic carbocycles. The van der Waals surface area contributed by atoms with E-state index >= 15 is 0 Å². The number of hydrogen-bond acceptors (Lipinski definition) is 6. The third-order valence-electron chi connectivity index (χ3n) is 4.25. The summed E-state index contributed by atoms with van der Waals surface area (Å²) in [6, 6.07) is 0. The number of fused-ring (bicyclic) bond motifs is 1. The molecule has 3 rings (SSSR count). The molecule has 1 aliphatic carbocycles. The molecule has 2 fully saturated rings. The van der Waals surface area contributed by atoms with Crippen molar-refractivity contribution in [2.45, 2.75) is 39.0 Å². The molecule has 1 saturated carbocycles. The second kappa shape index (κ2) is 6.12. The second-order valence-electron chi connectivity index (χ2n) is 5.66. The van der Waals surface area contributed by atoms with Crippen LogP contribution < -0.4 is 5.32 Å². The number of aryl methyl sites for hydroxylation is 1. The Morgan fingerprint density at radius 2 is 1.86 bits per heavy atom. The van der Waals surface area contributed by atoms with Crippen LogP contribution in [0, 0.1) is 11.8 Å². The van der Waals surface area contributed by atoms with Crippen LogP contribution in [0.1, 0.15) is 37.6 Å². The van der Waals surface area contributed by atoms with Crippen LogP contribution in [-0.4, -0.2) is 39.4 Å². The molecule has 1 N–H and O–H groups in total. The smallest absolute Gasteiger partial charge is 0.246 e. The topological polar surface area (TPSA) is 92.3 Å². The molecular weight excluding hydrogens is 304 g/mol. The molecule has 3 amide bonds. The lowest BCUT2D eigenvalue weighted by atomic mass is 9.81. The molecule has 118 valence electrons. The largest absolute Gasteiger partial charge is 0.299 e. The van der Waals surface area contributed by atoms with E-state index in [1.807, 2.05) is 6.92 Å². The van der Waals surface area contributed by atoms with Gasteiger partial charge in [0, 0.05) is 0 Å². The quantitative estimate of drug-likeness (QED) is 0.841. The van der Waals surface area contributed by atoms with E-state index in [1.165, 1.54) is 11.3 Å². The van der Waals surface area contributed by atoms with Gasteiger partial charge in [-0.2, -0.15) is 0 Å². The first-order chi connectivity index (χ1) is 10.6. The summed E-state index contributed by atoms with van der Waals surface area (Å²) in [4.78, 5) is 37.7. The van der Waals surface area contributed by atoms with Crippen LogP contribution in [0.4, 0.5) is 5.13 Å². The molecule has 1 aromatic heterocycles. The first-order valence-corrected chi connectivity index (χ1v) is 8.39. The van der Waals surface area contributed by atoms with Gasteiger partial charge in [-0.1, -0.05) is 31.1 Å². The fraction of sp³-hybridized carbons (Fsp3) is 0.643. The Morgan fingerprint density at radius 1 is 1.23 bits per heavy atom. The summed E-state index contributed by atoms with van der Waals surface area (Å²) in [7, 11) is 0. The van der Waals surface area contributed by atoms with Crippen LogP contribution in [0.25, 0.3) is 0 Å². The summed E-state index contributed by atoms with van der Waals surface area (Å²) in [5.41, 5.74) is 0. The summed E-state index contributed by atoms with van der Waals surface area (Å²) < 4.78 is 0. The maximum Gasteiger partial charge on any atom is 0.246 e. The van der Waals surface area contributed by atoms with E-state index in [2.05, 4.69) is 15.5 Å². The van der Waals surface area contributed by atoms with Crippen molar-refractivity contribution in [1.82, 2.24) is 15.1 Å². The van der Waals surface area contributed by atoms with Crippen molar-refractivity contribution in [3.63, 3.8) is 0 Å². The fourth-order valence-corrected chi connectivity index (χ4v) is 3.83. The Balaban J connectivity index is 1.63. The number of carbonyl (C=O) groups excluding carboxylic acids is 3. The molecule has 1 aromatic rings. The number of aromatic nitrogens is 2. The third kappa shape index (κ3) is 2.75. The molecule has 2 heterocycles. The highest BCUT2D eigenvalue weighted by atomic mass is 32.1. The minimum Gasteiger partial charge on any atom is -0.299 e. The standard InChI is InChI=1S/C14H18N4O3S/c1-2-11-16-17-14(22-11)15-10(19)7-18-12(20)8-5-3-4-6-9(8)13(18)21/h8-9H,2-7H2,1H3,(H,15,17,19)/t8-,9-/m0/s1. The lowest BCUT2D eigenvalue weighted by molar-refractivity contribution is -0.142. The van der Waals surface area contributed by atoms with Gasteiger partial charge in [0.15, 0.2) is 0 Å². The van der Waals surface area contributed by atoms with Crippen molar-refractivity contribution in [3.05, 3.63) is 5.01 Å². The highest BCUT2D eigenvalue weighted by Crippen LogP contribution is 2.37. The van der Waals surface area contributed by atoms with Crippen LogP contribution in [0.2, 0.25) is 0 Å². The molecular formula is C14H18N4O3S. The molecule has 1 aliphatic heterocycles. The first kappa shape index (κ1) is 15.1. The van der Waals surface area contributed by atoms with E-state index in [0.29, 0.717) is 5.13 Å². The van der Waals surface area contributed by atoms with Gasteiger partial charge in [-0.3, -0.25) is 24.6 Å². The van der Waals surface area contributed by atoms with Crippen molar-refractivity contribution in [2.24, 2.45) is 11.8 Å². The molecule has 0 bridgehead atoms. The average Bonchev–Trinajstić information content (AvgIpc) is 3.06. The van der Waals surface area contributed by atoms with Crippen molar-refractivity contribution >= 4 is 34.2 Å². The minimum absolute atomic E-state index is 0.198. The maximum absolute atomic E-state index is 12.3. The zero-order valence-corrected chi connectivity index (χ0v) is 13.2. The summed E-state index contributed by atoms with van der Waals surface area (Å²) in [6.45, 7) is 1.72. The lowest BCUT2D eigenvalue weighted by Crippen LogP contribution is -2.38. The molecule has 2 aliphatic rings. The number of likely N-dealkylation sites (tertiary alicyclic amines) is 1. The Hall–Kier alpha value is -1.83. The van der Waals surface area contributed by atoms with Crippen LogP contribution in [0.3, 0.4) is 0 Å². The number of anilines is 1. The monoisotopic (exact) mass is 322 g/mol. The number of carbonyl (C=O) groups is 3. The van der Waals surface area contributed by atoms with E-state index in [9.17, 15) is 14.4 Å². The molecule has 22 heavy (non-hydrogen) atoms. The number of rotatable bonds is 4. The summed E-state index contributed by atoms with van der Waals surface area (Å²) >= 11 is 1.30. The predicted molar refractivity (Wildman–Crippen MR) is 80.1 cm³/mol. The first-order valence-electron chi connectivity index (χ1n) is 7.57. The van der Waals surface area contributed by atoms with Crippen molar-refractivity contribution in [3.8, 4) is 0 Å². The normalized spacial score (nSPS) is 24.5. The average molecular weight is 322 g/mol. The second-order valence-corrected chi connectivity index (χ2v) is 6.72. The van der Waals surface area contributed by atoms with Gasteiger partial charge in [0.05, 0.1) is 11.8 Å². The van der Waals surface area contributed by atoms with Gasteiger partial charge >= 0.3 is 0 Å². The van der Waals surface area contributed by atoms with Gasteiger partial charge in [0.2, 0.25) is 22.9 Å². The SMILES string of the molecule is CCc1nnc(NC(=O)CN2C(=O)[C@H]3CCCC[C@@H]3C2=O)s1. The van der Waals surface area contributed by atoms with Crippen LogP contribution in [0.15, 0.2) is 0 Å². The number of hydrogen-bond donors (Lipinski definition) is 1. The van der Waals surface area contributed by atoms with Crippen molar-refractivity contribution in [1.29, 1.82) is 0 Å². The van der Waals surface area contributed by atoms with Crippen LogP contribution >= 0.6 is 11.3 Å². The Labute approximate surface area is 132 Å². The van der Waals surface area contributed by atoms with Gasteiger partial charge in [0.25, 0.3) is 0 Å². The number of nitrogens with one attached hydrogen (secondary N) is 1. The van der Waals surface area contributed by atoms with Crippen LogP contribution in [-0.2, 0) is 20.8 Å². The Kier molecular flexibility index (Phi) is 4.19. The minimum atomic E-state index is -0.404. The van der Waals surface area contributed by atoms with E-state index in [4.69, 9.17) is 0 Å². The maximum atomic E-state index is 12.3. The number of nitrogens with zero attached hydrogens (tertiary/aromatic N) is 3. The molecule has 7 nitrogen and oxygen atoms in total. The number of imide groups is 1. The number of amides is 3. The van der Waals surface area contributed by atoms with Crippen molar-refractivity contribution < 1.29 is 14.4 Å². The highest BCUT2D eigenvalue weighted by molar-refractivity contribution is 7.15. The van der Waals surface area contributed by atoms with E-state index in [1.54, 1.807) is 0 Å². The van der Waals surface area contributed by atoms with Gasteiger partial charge in [-0.15, -0.1) is 10.2 Å². The molecule has 0 spiro atoms. The fourth-order valence-electron chi connectivity index (χ4n) is 3.14. The molecule has 8 heteroatoms. The van der Waals surface area contributed by atoms with E-state index in [0.717, 1.165) is 42.0 Å². The molecule has 2 atom stereocenters. The zero-order chi connectivity index (χ0) is 15.7. The summed E-state index contributed by atoms with van der Waals surface area (Å²) in [5.74, 6) is -1.24. The molecule has 0 radical (unpaired) electrons. The van der Waals surface area contributed by atoms with Gasteiger partial charge in [-0.05, 0) is 19.3 Å². The Bertz CT molecular complexity index is 591. The van der Waals surface area contributed by atoms with Crippen molar-refractivity contribution in [2.75, 3.05) is 11.9 Å². The van der Waals surface area contributed by atoms with Gasteiger partial charge in [0.1, 0.15) is 11.6 Å². The van der Waals surface area contributed by atoms with Gasteiger partial charge in [-0.25, -0.2) is 0 Å². The van der Waals surface area contributed by atoms with Gasteiger partial charge < -0.3 is 0 Å².